The highest BCUT2D eigenvalue weighted by molar-refractivity contribution is 6.48. The Kier molecular flexibility index (Phi) is 4.33. The van der Waals surface area contributed by atoms with Gasteiger partial charge in [-0.15, -0.1) is 0 Å². The van der Waals surface area contributed by atoms with Gasteiger partial charge in [-0.05, 0) is 18.2 Å². The van der Waals surface area contributed by atoms with Gasteiger partial charge in [-0.3, -0.25) is 4.99 Å². The molecular weight excluding hydrogens is 225 g/mol. The Morgan fingerprint density at radius 1 is 1.12 bits per heavy atom. The van der Waals surface area contributed by atoms with Crippen LogP contribution in [0.25, 0.3) is 0 Å². The molecule has 0 bridgehead atoms. The zero-order valence-electron chi connectivity index (χ0n) is 10.2. The topological polar surface area (TPSA) is 21.6 Å². The van der Waals surface area contributed by atoms with Gasteiger partial charge < -0.3 is 3.79 Å². The van der Waals surface area contributed by atoms with Crippen LogP contribution in [0.3, 0.4) is 0 Å². The highest BCUT2D eigenvalue weighted by Crippen LogP contribution is 2.15. The number of benzene rings is 1. The Balaban J connectivity index is 2.20. The Hall–Kier alpha value is -1.14. The van der Waals surface area contributed by atoms with Crippen LogP contribution in [0.4, 0.5) is 5.69 Å². The highest BCUT2D eigenvalue weighted by atomic mass is 27.2. The summed E-state index contributed by atoms with van der Waals surface area (Å²) < 4.78 is 5.95. The van der Waals surface area contributed by atoms with Gasteiger partial charge in [0.15, 0.2) is 0 Å². The third-order valence-corrected chi connectivity index (χ3v) is 3.23. The van der Waals surface area contributed by atoms with Crippen molar-refractivity contribution in [2.45, 2.75) is 17.7 Å². The van der Waals surface area contributed by atoms with Crippen molar-refractivity contribution >= 4 is 25.9 Å². The van der Waals surface area contributed by atoms with Crippen molar-refractivity contribution in [3.8, 4) is 0 Å². The van der Waals surface area contributed by atoms with E-state index in [1.165, 1.54) is 0 Å². The molecule has 0 N–H and O–H groups in total. The van der Waals surface area contributed by atoms with Crippen LogP contribution in [0.5, 0.6) is 0 Å². The molecule has 0 fully saturated rings. The molecule has 3 heteroatoms. The second kappa shape index (κ2) is 5.98. The molecule has 0 radical (unpaired) electrons. The van der Waals surface area contributed by atoms with E-state index in [0.29, 0.717) is 0 Å². The van der Waals surface area contributed by atoms with Gasteiger partial charge in [0.05, 0.1) is 17.5 Å². The van der Waals surface area contributed by atoms with E-state index in [1.54, 1.807) is 0 Å². The smallest absolute Gasteiger partial charge is 0.454 e. The summed E-state index contributed by atoms with van der Waals surface area (Å²) in [5.74, 6) is 4.35. The lowest BCUT2D eigenvalue weighted by atomic mass is 10.1. The minimum Gasteiger partial charge on any atom is -0.491 e. The molecule has 17 heavy (non-hydrogen) atoms. The molecule has 1 aromatic carbocycles. The van der Waals surface area contributed by atoms with Crippen LogP contribution < -0.4 is 0 Å². The second-order valence-corrected chi connectivity index (χ2v) is 6.59. The Morgan fingerprint density at radius 2 is 1.88 bits per heavy atom. The van der Waals surface area contributed by atoms with Gasteiger partial charge in [0.1, 0.15) is 0 Å². The zero-order chi connectivity index (χ0) is 12.1. The Morgan fingerprint density at radius 3 is 2.59 bits per heavy atom. The molecule has 1 aliphatic rings. The lowest BCUT2D eigenvalue weighted by Crippen LogP contribution is -2.27. The molecule has 86 valence electrons. The molecule has 1 aliphatic carbocycles. The van der Waals surface area contributed by atoms with E-state index in [1.807, 2.05) is 48.6 Å². The van der Waals surface area contributed by atoms with E-state index >= 15 is 0 Å². The summed E-state index contributed by atoms with van der Waals surface area (Å²) in [6.07, 6.45) is 8.13. The van der Waals surface area contributed by atoms with E-state index in [-0.39, 0.29) is 6.10 Å². The monoisotopic (exact) mass is 241 g/mol. The van der Waals surface area contributed by atoms with Gasteiger partial charge in [0, 0.05) is 0 Å². The molecule has 1 unspecified atom stereocenters. The van der Waals surface area contributed by atoms with E-state index in [2.05, 4.69) is 22.6 Å². The predicted octanol–water partition coefficient (Wildman–Crippen LogP) is 3.52. The summed E-state index contributed by atoms with van der Waals surface area (Å²) in [4.78, 5) is 4.63. The quantitative estimate of drug-likeness (QED) is 0.742. The van der Waals surface area contributed by atoms with Crippen molar-refractivity contribution in [2.75, 3.05) is 0 Å². The molecule has 0 aromatic heterocycles. The van der Waals surface area contributed by atoms with Gasteiger partial charge in [-0.2, -0.15) is 0 Å². The summed E-state index contributed by atoms with van der Waals surface area (Å²) in [6, 6.07) is 9.99. The molecule has 2 nitrogen and oxygen atoms in total. The minimum atomic E-state index is -1.06. The Labute approximate surface area is 107 Å². The fourth-order valence-corrected chi connectivity index (χ4v) is 2.49. The lowest BCUT2D eigenvalue weighted by Gasteiger charge is -2.19. The summed E-state index contributed by atoms with van der Waals surface area (Å²) in [5.41, 5.74) is 1.96. The molecular formula is C14H16AlNO. The third kappa shape index (κ3) is 3.68. The number of hydrogen-bond acceptors (Lipinski definition) is 2. The molecule has 1 atom stereocenters. The van der Waals surface area contributed by atoms with Gasteiger partial charge in [-0.25, -0.2) is 0 Å². The van der Waals surface area contributed by atoms with Crippen molar-refractivity contribution in [1.82, 2.24) is 0 Å². The fraction of sp³-hybridized carbons (Fsp3) is 0.214. The average Bonchev–Trinajstić information content (AvgIpc) is 2.32. The predicted molar refractivity (Wildman–Crippen MR) is 74.2 cm³/mol. The molecule has 0 aliphatic heterocycles. The van der Waals surface area contributed by atoms with Gasteiger partial charge in [0.25, 0.3) is 0 Å². The summed E-state index contributed by atoms with van der Waals surface area (Å²) >= 11 is -1.06. The molecule has 1 aromatic rings. The van der Waals surface area contributed by atoms with Gasteiger partial charge in [-0.1, -0.05) is 48.0 Å². The van der Waals surface area contributed by atoms with Crippen LogP contribution in [0.1, 0.15) is 0 Å². The lowest BCUT2D eigenvalue weighted by molar-refractivity contribution is 0.322. The van der Waals surface area contributed by atoms with Crippen LogP contribution in [-0.4, -0.2) is 26.3 Å². The molecule has 2 rings (SSSR count). The average molecular weight is 241 g/mol. The number of allylic oxidation sites excluding steroid dienone is 2. The molecule has 0 spiro atoms. The maximum atomic E-state index is 5.95. The molecule has 0 heterocycles. The van der Waals surface area contributed by atoms with Crippen molar-refractivity contribution in [1.29, 1.82) is 0 Å². The summed E-state index contributed by atoms with van der Waals surface area (Å²) in [7, 11) is 0. The van der Waals surface area contributed by atoms with E-state index in [0.717, 1.165) is 11.4 Å². The van der Waals surface area contributed by atoms with E-state index in [9.17, 15) is 0 Å². The maximum absolute atomic E-state index is 5.95. The van der Waals surface area contributed by atoms with Crippen LogP contribution in [0, 0.1) is 0 Å². The summed E-state index contributed by atoms with van der Waals surface area (Å²) in [5, 5.41) is 0. The number of nitrogens with zero attached hydrogens (tertiary/aromatic N) is 1. The van der Waals surface area contributed by atoms with Crippen LogP contribution in [0.2, 0.25) is 11.6 Å². The van der Waals surface area contributed by atoms with Crippen LogP contribution in [0.15, 0.2) is 59.6 Å². The third-order valence-electron chi connectivity index (χ3n) is 2.39. The molecule has 0 saturated carbocycles. The van der Waals surface area contributed by atoms with Gasteiger partial charge in [0.2, 0.25) is 0 Å². The SMILES string of the molecule is [CH3][Al]([CH3])[O]C1C=CC=CC1=Nc1ccccc1. The molecule has 0 amide bonds. The van der Waals surface area contributed by atoms with E-state index in [4.69, 9.17) is 3.79 Å². The first-order chi connectivity index (χ1) is 8.25. The summed E-state index contributed by atoms with van der Waals surface area (Å²) in [6.45, 7) is 0. The van der Waals surface area contributed by atoms with E-state index < -0.39 is 14.5 Å². The van der Waals surface area contributed by atoms with Crippen molar-refractivity contribution < 1.29 is 3.79 Å². The first kappa shape index (κ1) is 12.3. The van der Waals surface area contributed by atoms with Gasteiger partial charge >= 0.3 is 14.5 Å². The minimum absolute atomic E-state index is 0.0203. The second-order valence-electron chi connectivity index (χ2n) is 4.22. The van der Waals surface area contributed by atoms with Crippen molar-refractivity contribution in [2.24, 2.45) is 4.99 Å². The highest BCUT2D eigenvalue weighted by Gasteiger charge is 2.17. The largest absolute Gasteiger partial charge is 0.491 e. The number of aliphatic imine (C=N–C) groups is 1. The standard InChI is InChI=1S/C12H10NO.2CH3.Al/c14-12-9-5-4-8-11(12)13-10-6-2-1-3-7-10;;;/h1-9,12H;2*1H3;/q-1;;;+1. The number of rotatable bonds is 3. The van der Waals surface area contributed by atoms with Crippen molar-refractivity contribution in [3.05, 3.63) is 54.6 Å². The number of para-hydroxylation sites is 1. The maximum Gasteiger partial charge on any atom is 0.454 e. The van der Waals surface area contributed by atoms with Crippen LogP contribution >= 0.6 is 0 Å². The normalized spacial score (nSPS) is 20.8. The first-order valence-corrected chi connectivity index (χ1v) is 8.68. The molecule has 0 saturated heterocycles. The Bertz CT molecular complexity index is 449. The fourth-order valence-electron chi connectivity index (χ4n) is 1.67. The zero-order valence-corrected chi connectivity index (χ0v) is 11.4. The van der Waals surface area contributed by atoms with Crippen LogP contribution in [-0.2, 0) is 3.79 Å². The first-order valence-electron chi connectivity index (χ1n) is 5.89. The van der Waals surface area contributed by atoms with Crippen molar-refractivity contribution in [3.63, 3.8) is 0 Å². The number of hydrogen-bond donors (Lipinski definition) is 0.